The number of carbonyl (C=O) groups is 2. The second-order valence-electron chi connectivity index (χ2n) is 8.65. The highest BCUT2D eigenvalue weighted by atomic mass is 79.9. The lowest BCUT2D eigenvalue weighted by atomic mass is 9.87. The highest BCUT2D eigenvalue weighted by Crippen LogP contribution is 2.31. The van der Waals surface area contributed by atoms with Crippen LogP contribution in [0.4, 0.5) is 0 Å². The molecule has 0 aliphatic carbocycles. The maximum Gasteiger partial charge on any atom is 0.261 e. The van der Waals surface area contributed by atoms with Gasteiger partial charge in [-0.05, 0) is 70.1 Å². The van der Waals surface area contributed by atoms with E-state index in [-0.39, 0.29) is 23.8 Å². The minimum atomic E-state index is -0.589. The molecule has 32 heavy (non-hydrogen) atoms. The van der Waals surface area contributed by atoms with Gasteiger partial charge >= 0.3 is 0 Å². The summed E-state index contributed by atoms with van der Waals surface area (Å²) in [4.78, 5) is 27.4. The van der Waals surface area contributed by atoms with Crippen molar-refractivity contribution in [3.63, 3.8) is 0 Å². The average molecular weight is 524 g/mol. The Bertz CT molecular complexity index is 926. The van der Waals surface area contributed by atoms with Crippen LogP contribution < -0.4 is 10.1 Å². The molecule has 0 saturated heterocycles. The SMILES string of the molecule is CCNC(=O)C(CC)N(Cc1ccc(Cl)cc1)C(=O)COc1ccc(C(C)(C)C)cc1Br. The summed E-state index contributed by atoms with van der Waals surface area (Å²) in [6.07, 6.45) is 0.495. The maximum absolute atomic E-state index is 13.2. The standard InChI is InChI=1S/C25H32BrClN2O3/c1-6-21(24(31)28-7-2)29(15-17-8-11-19(27)12-9-17)23(30)16-32-22-13-10-18(14-20(22)26)25(3,4)5/h8-14,21H,6-7,15-16H2,1-5H3,(H,28,31). The van der Waals surface area contributed by atoms with Crippen LogP contribution in [0.1, 0.15) is 52.2 Å². The fourth-order valence-electron chi connectivity index (χ4n) is 3.30. The summed E-state index contributed by atoms with van der Waals surface area (Å²) >= 11 is 9.54. The molecule has 1 unspecified atom stereocenters. The number of nitrogens with zero attached hydrogens (tertiary/aromatic N) is 1. The average Bonchev–Trinajstić information content (AvgIpc) is 2.73. The molecule has 0 saturated carbocycles. The second-order valence-corrected chi connectivity index (χ2v) is 9.94. The Labute approximate surface area is 204 Å². The van der Waals surface area contributed by atoms with E-state index in [1.165, 1.54) is 0 Å². The predicted octanol–water partition coefficient (Wildman–Crippen LogP) is 5.72. The Morgan fingerprint density at radius 1 is 1.12 bits per heavy atom. The fraction of sp³-hybridized carbons (Fsp3) is 0.440. The third kappa shape index (κ3) is 7.24. The van der Waals surface area contributed by atoms with E-state index in [1.54, 1.807) is 17.0 Å². The molecule has 2 rings (SSSR count). The third-order valence-electron chi connectivity index (χ3n) is 5.15. The van der Waals surface area contributed by atoms with Crippen molar-refractivity contribution in [1.82, 2.24) is 10.2 Å². The van der Waals surface area contributed by atoms with Crippen molar-refractivity contribution in [2.45, 2.75) is 59.0 Å². The van der Waals surface area contributed by atoms with Crippen molar-refractivity contribution >= 4 is 39.3 Å². The Morgan fingerprint density at radius 3 is 2.31 bits per heavy atom. The molecule has 0 aromatic heterocycles. The van der Waals surface area contributed by atoms with E-state index in [0.29, 0.717) is 30.3 Å². The first-order valence-electron chi connectivity index (χ1n) is 10.8. The van der Waals surface area contributed by atoms with Crippen molar-refractivity contribution in [3.05, 3.63) is 63.1 Å². The largest absolute Gasteiger partial charge is 0.483 e. The second kappa shape index (κ2) is 11.7. The van der Waals surface area contributed by atoms with Gasteiger partial charge < -0.3 is 15.0 Å². The number of hydrogen-bond donors (Lipinski definition) is 1. The molecule has 0 aliphatic heterocycles. The molecule has 174 valence electrons. The third-order valence-corrected chi connectivity index (χ3v) is 6.02. The van der Waals surface area contributed by atoms with Crippen LogP contribution in [0.3, 0.4) is 0 Å². The van der Waals surface area contributed by atoms with E-state index in [4.69, 9.17) is 16.3 Å². The van der Waals surface area contributed by atoms with Gasteiger partial charge in [-0.2, -0.15) is 0 Å². The fourth-order valence-corrected chi connectivity index (χ4v) is 3.92. The summed E-state index contributed by atoms with van der Waals surface area (Å²) < 4.78 is 6.64. The topological polar surface area (TPSA) is 58.6 Å². The van der Waals surface area contributed by atoms with Crippen molar-refractivity contribution in [2.24, 2.45) is 0 Å². The molecular weight excluding hydrogens is 492 g/mol. The van der Waals surface area contributed by atoms with Crippen molar-refractivity contribution in [2.75, 3.05) is 13.2 Å². The van der Waals surface area contributed by atoms with Gasteiger partial charge in [0.25, 0.3) is 5.91 Å². The molecule has 0 radical (unpaired) electrons. The van der Waals surface area contributed by atoms with Crippen LogP contribution in [0.5, 0.6) is 5.75 Å². The summed E-state index contributed by atoms with van der Waals surface area (Å²) in [6.45, 7) is 10.8. The molecule has 0 bridgehead atoms. The summed E-state index contributed by atoms with van der Waals surface area (Å²) in [5.41, 5.74) is 2.06. The number of rotatable bonds is 9. The molecular formula is C25H32BrClN2O3. The lowest BCUT2D eigenvalue weighted by molar-refractivity contribution is -0.142. The first kappa shape index (κ1) is 26.2. The van der Waals surface area contributed by atoms with Crippen LogP contribution in [0, 0.1) is 0 Å². The highest BCUT2D eigenvalue weighted by Gasteiger charge is 2.29. The number of likely N-dealkylation sites (N-methyl/N-ethyl adjacent to an activating group) is 1. The summed E-state index contributed by atoms with van der Waals surface area (Å²) in [7, 11) is 0. The highest BCUT2D eigenvalue weighted by molar-refractivity contribution is 9.10. The van der Waals surface area contributed by atoms with Gasteiger partial charge in [0.1, 0.15) is 11.8 Å². The van der Waals surface area contributed by atoms with Gasteiger partial charge in [0.2, 0.25) is 5.91 Å². The van der Waals surface area contributed by atoms with Crippen LogP contribution >= 0.6 is 27.5 Å². The van der Waals surface area contributed by atoms with Crippen molar-refractivity contribution < 1.29 is 14.3 Å². The molecule has 5 nitrogen and oxygen atoms in total. The van der Waals surface area contributed by atoms with Gasteiger partial charge in [-0.15, -0.1) is 0 Å². The minimum Gasteiger partial charge on any atom is -0.483 e. The number of ether oxygens (including phenoxy) is 1. The Balaban J connectivity index is 2.21. The van der Waals surface area contributed by atoms with Crippen molar-refractivity contribution in [1.29, 1.82) is 0 Å². The molecule has 7 heteroatoms. The number of halogens is 2. The van der Waals surface area contributed by atoms with E-state index in [2.05, 4.69) is 42.0 Å². The smallest absolute Gasteiger partial charge is 0.261 e. The Hall–Kier alpha value is -2.05. The lowest BCUT2D eigenvalue weighted by Gasteiger charge is -2.30. The van der Waals surface area contributed by atoms with E-state index >= 15 is 0 Å². The van der Waals surface area contributed by atoms with Gasteiger partial charge in [0, 0.05) is 18.1 Å². The molecule has 0 fully saturated rings. The Morgan fingerprint density at radius 2 is 1.78 bits per heavy atom. The predicted molar refractivity (Wildman–Crippen MR) is 133 cm³/mol. The van der Waals surface area contributed by atoms with Crippen LogP contribution in [-0.2, 0) is 21.5 Å². The summed E-state index contributed by atoms with van der Waals surface area (Å²) in [6, 6.07) is 12.5. The molecule has 0 spiro atoms. The minimum absolute atomic E-state index is 0.00718. The van der Waals surface area contributed by atoms with Gasteiger partial charge in [0.15, 0.2) is 6.61 Å². The number of carbonyl (C=O) groups excluding carboxylic acids is 2. The van der Waals surface area contributed by atoms with Gasteiger partial charge in [0.05, 0.1) is 4.47 Å². The quantitative estimate of drug-likeness (QED) is 0.457. The van der Waals surface area contributed by atoms with E-state index in [1.807, 2.05) is 44.2 Å². The zero-order chi connectivity index (χ0) is 23.9. The Kier molecular flexibility index (Phi) is 9.59. The molecule has 1 atom stereocenters. The van der Waals surface area contributed by atoms with E-state index in [9.17, 15) is 9.59 Å². The van der Waals surface area contributed by atoms with E-state index in [0.717, 1.165) is 15.6 Å². The summed E-state index contributed by atoms with van der Waals surface area (Å²) in [5.74, 6) is 0.154. The number of amides is 2. The van der Waals surface area contributed by atoms with Crippen LogP contribution in [0.2, 0.25) is 5.02 Å². The number of nitrogens with one attached hydrogen (secondary N) is 1. The number of hydrogen-bond acceptors (Lipinski definition) is 3. The zero-order valence-corrected chi connectivity index (χ0v) is 21.7. The molecule has 0 heterocycles. The zero-order valence-electron chi connectivity index (χ0n) is 19.4. The van der Waals surface area contributed by atoms with Gasteiger partial charge in [-0.3, -0.25) is 9.59 Å². The van der Waals surface area contributed by atoms with Crippen LogP contribution in [-0.4, -0.2) is 35.9 Å². The molecule has 1 N–H and O–H groups in total. The van der Waals surface area contributed by atoms with Gasteiger partial charge in [-0.25, -0.2) is 0 Å². The lowest BCUT2D eigenvalue weighted by Crippen LogP contribution is -2.50. The van der Waals surface area contributed by atoms with Gasteiger partial charge in [-0.1, -0.05) is 57.5 Å². The first-order chi connectivity index (χ1) is 15.1. The number of benzene rings is 2. The van der Waals surface area contributed by atoms with Crippen molar-refractivity contribution in [3.8, 4) is 5.75 Å². The normalized spacial score (nSPS) is 12.2. The van der Waals surface area contributed by atoms with E-state index < -0.39 is 6.04 Å². The maximum atomic E-state index is 13.2. The van der Waals surface area contributed by atoms with Crippen LogP contribution in [0.15, 0.2) is 46.9 Å². The molecule has 2 aromatic carbocycles. The molecule has 2 amide bonds. The van der Waals surface area contributed by atoms with Crippen LogP contribution in [0.25, 0.3) is 0 Å². The molecule has 2 aromatic rings. The summed E-state index contributed by atoms with van der Waals surface area (Å²) in [5, 5.41) is 3.45. The first-order valence-corrected chi connectivity index (χ1v) is 12.0. The molecule has 0 aliphatic rings. The monoisotopic (exact) mass is 522 g/mol.